The average Bonchev–Trinajstić information content (AvgIpc) is 1.66. The maximum Gasteiger partial charge on any atom is 0.408 e. The molecule has 6 aliphatic heterocycles. The Morgan fingerprint density at radius 3 is 1.25 bits per heavy atom. The number of hydrogen-bond donors (Lipinski definition) is 6. The van der Waals surface area contributed by atoms with Crippen LogP contribution in [0, 0.1) is 51.7 Å². The van der Waals surface area contributed by atoms with Crippen molar-refractivity contribution in [2.75, 3.05) is 23.9 Å². The van der Waals surface area contributed by atoms with Crippen molar-refractivity contribution in [2.45, 2.75) is 199 Å². The van der Waals surface area contributed by atoms with Crippen molar-refractivity contribution < 1.29 is 62.2 Å². The van der Waals surface area contributed by atoms with Gasteiger partial charge in [0.1, 0.15) is 78.9 Å². The van der Waals surface area contributed by atoms with Crippen molar-refractivity contribution >= 4 is 100 Å². The predicted molar refractivity (Wildman–Crippen MR) is 365 cm³/mol. The Morgan fingerprint density at radius 1 is 0.485 bits per heavy atom. The number of rotatable bonds is 18. The van der Waals surface area contributed by atoms with Crippen LogP contribution in [0.2, 0.25) is 0 Å². The van der Waals surface area contributed by atoms with Gasteiger partial charge in [-0.15, -0.1) is 35.3 Å². The van der Waals surface area contributed by atoms with E-state index in [-0.39, 0.29) is 94.0 Å². The number of fused-ring (bicyclic) bond motifs is 6. The van der Waals surface area contributed by atoms with Crippen molar-refractivity contribution in [3.63, 3.8) is 0 Å². The van der Waals surface area contributed by atoms with Gasteiger partial charge in [-0.2, -0.15) is 15.8 Å². The molecule has 6 heterocycles. The summed E-state index contributed by atoms with van der Waals surface area (Å²) in [7, 11) is 0. The van der Waals surface area contributed by atoms with E-state index >= 15 is 0 Å². The van der Waals surface area contributed by atoms with Crippen molar-refractivity contribution in [3.05, 3.63) is 95.6 Å². The Labute approximate surface area is 587 Å². The van der Waals surface area contributed by atoms with Crippen LogP contribution in [0.5, 0.6) is 0 Å². The molecular weight excluding hydrogens is 1330 g/mol. The van der Waals surface area contributed by atoms with Crippen molar-refractivity contribution in [1.29, 1.82) is 15.8 Å². The second-order valence-corrected chi connectivity index (χ2v) is 30.3. The zero-order valence-corrected chi connectivity index (χ0v) is 57.2. The number of Topliss-reactive ketones (excluding diaryl/α,β-unsaturated/α-hetero) is 3. The number of ether oxygens (including phenoxy) is 2. The molecule has 13 rings (SSSR count). The third-order valence-electron chi connectivity index (χ3n) is 20.4. The first-order valence-corrected chi connectivity index (χ1v) is 37.4. The van der Waals surface area contributed by atoms with Crippen molar-refractivity contribution in [1.82, 2.24) is 41.3 Å². The highest BCUT2D eigenvalue weighted by Crippen LogP contribution is 2.45. The predicted octanol–water partition coefficient (Wildman–Crippen LogP) is 5.98. The summed E-state index contributed by atoms with van der Waals surface area (Å²) < 4.78 is 10.9. The van der Waals surface area contributed by atoms with E-state index in [2.05, 4.69) is 56.9 Å². The molecule has 0 radical (unpaired) electrons. The van der Waals surface area contributed by atoms with Crippen LogP contribution in [0.25, 0.3) is 11.1 Å². The lowest BCUT2D eigenvalue weighted by Crippen LogP contribution is -2.59. The van der Waals surface area contributed by atoms with Crippen molar-refractivity contribution in [3.8, 4) is 29.3 Å². The lowest BCUT2D eigenvalue weighted by molar-refractivity contribution is -0.143. The number of hydrogen-bond acceptors (Lipinski definition) is 20. The average molecular weight is 1410 g/mol. The van der Waals surface area contributed by atoms with Gasteiger partial charge in [0.25, 0.3) is 0 Å². The molecule has 0 unspecified atom stereocenters. The molecule has 25 nitrogen and oxygen atoms in total. The second kappa shape index (κ2) is 33.1. The molecule has 3 aromatic rings. The molecule has 0 bridgehead atoms. The highest BCUT2D eigenvalue weighted by Gasteiger charge is 2.50. The summed E-state index contributed by atoms with van der Waals surface area (Å²) in [6.07, 6.45) is 9.62. The third kappa shape index (κ3) is 16.9. The van der Waals surface area contributed by atoms with E-state index in [1.807, 2.05) is 66.7 Å². The lowest BCUT2D eigenvalue weighted by atomic mass is 9.97. The van der Waals surface area contributed by atoms with E-state index in [4.69, 9.17) is 15.2 Å². The first kappa shape index (κ1) is 71.8. The third-order valence-corrected chi connectivity index (χ3v) is 24.5. The molecule has 8 amide bonds. The van der Waals surface area contributed by atoms with Gasteiger partial charge in [0.2, 0.25) is 35.4 Å². The van der Waals surface area contributed by atoms with Crippen molar-refractivity contribution in [2.24, 2.45) is 23.5 Å². The van der Waals surface area contributed by atoms with Crippen LogP contribution in [0.3, 0.4) is 0 Å². The number of thioether (sulfide) groups is 3. The number of nitriles is 3. The molecule has 99 heavy (non-hydrogen) atoms. The molecular formula is C71H82N12O13S3. The lowest BCUT2D eigenvalue weighted by Gasteiger charge is -2.37. The minimum absolute atomic E-state index is 0.00463. The SMILES string of the molecule is N#C[C@H](C[C@@H]1CCCC1=O)NC(=O)[C@@H]1CS[C@H]2CC[C@H](N)C(=O)N21.N#C[C@H](C[C@@H]1CCCC1=O)NC(=O)[C@@H]1CS[C@H]2CC[C@H](NC(=O)OCC3c4ccccc4-c4ccccc43)C(=O)N21.N#C[C@H](C[C@@H]1CCCC1=O)NC(=O)[C@@H]1CS[C@H]2CC[C@H](NC(=O)OCc3ccccc3)C(=O)N21. The van der Waals surface area contributed by atoms with Gasteiger partial charge in [-0.3, -0.25) is 43.2 Å². The summed E-state index contributed by atoms with van der Waals surface area (Å²) in [6, 6.07) is 25.3. The molecule has 522 valence electrons. The smallest absolute Gasteiger partial charge is 0.408 e. The first-order valence-electron chi connectivity index (χ1n) is 34.2. The van der Waals surface area contributed by atoms with E-state index in [1.165, 1.54) is 28.4 Å². The van der Waals surface area contributed by atoms with Crippen LogP contribution in [0.15, 0.2) is 78.9 Å². The van der Waals surface area contributed by atoms with Gasteiger partial charge >= 0.3 is 12.2 Å². The number of carbonyl (C=O) groups is 11. The zero-order valence-electron chi connectivity index (χ0n) is 54.8. The minimum atomic E-state index is -0.793. The van der Waals surface area contributed by atoms with Gasteiger partial charge in [-0.05, 0) is 124 Å². The van der Waals surface area contributed by atoms with Crippen LogP contribution < -0.4 is 32.3 Å². The number of piperidine rings is 3. The fourth-order valence-corrected chi connectivity index (χ4v) is 19.5. The Kier molecular flexibility index (Phi) is 24.0. The highest BCUT2D eigenvalue weighted by atomic mass is 32.2. The first-order chi connectivity index (χ1) is 47.9. The molecule has 28 heteroatoms. The Balaban J connectivity index is 0.000000155. The fourth-order valence-electron chi connectivity index (χ4n) is 15.2. The number of alkyl carbamates (subject to hydrolysis) is 2. The second-order valence-electron chi connectivity index (χ2n) is 26.7. The molecule has 0 aromatic heterocycles. The molecule has 3 saturated carbocycles. The summed E-state index contributed by atoms with van der Waals surface area (Å²) in [4.78, 5) is 143. The minimum Gasteiger partial charge on any atom is -0.449 e. The van der Waals surface area contributed by atoms with E-state index in [0.29, 0.717) is 87.9 Å². The maximum absolute atomic E-state index is 13.5. The number of nitrogens with one attached hydrogen (secondary N) is 5. The van der Waals surface area contributed by atoms with E-state index in [0.717, 1.165) is 72.8 Å². The molecule has 4 aliphatic carbocycles. The van der Waals surface area contributed by atoms with Gasteiger partial charge in [0.15, 0.2) is 0 Å². The summed E-state index contributed by atoms with van der Waals surface area (Å²) >= 11 is 4.65. The van der Waals surface area contributed by atoms with Crippen LogP contribution in [0.4, 0.5) is 9.59 Å². The number of amides is 8. The summed E-state index contributed by atoms with van der Waals surface area (Å²) in [5.74, 6) is -0.717. The Hall–Kier alpha value is -8.49. The number of ketones is 3. The van der Waals surface area contributed by atoms with E-state index < -0.39 is 78.4 Å². The topological polar surface area (TPSA) is 373 Å². The van der Waals surface area contributed by atoms with Gasteiger partial charge < -0.3 is 56.5 Å². The normalized spacial score (nSPS) is 28.1. The van der Waals surface area contributed by atoms with Crippen LogP contribution in [-0.2, 0) is 59.2 Å². The van der Waals surface area contributed by atoms with Crippen LogP contribution >= 0.6 is 35.3 Å². The standard InChI is InChI=1S/C31H32N4O5S.C24H28N4O5S.C16H22N4O3S/c32-15-19(14-18-6-5-11-27(18)36)33-29(37)26-17-41-28-13-12-25(30(38)35(26)28)34-31(39)40-16-24-22-9-3-1-7-20(22)21-8-2-4-10-23(21)24;25-12-17(11-16-7-4-8-20(16)29)26-22(30)19-14-34-21-10-9-18(23(31)28(19)21)27-24(32)33-13-15-5-2-1-3-6-15;17-7-10(6-9-2-1-3-13(9)21)19-15(22)12-8-24-14-5-4-11(18)16(23)20(12)14/h1-4,7-10,18-19,24-26,28H,5-6,11-14,16-17H2,(H,33,37)(H,34,39);1-3,5-6,16-19,21H,4,7-11,13-14H2,(H,26,30)(H,27,32);9-12,14H,1-6,8,18H2,(H,19,22)/t18-,19-,25-,26-,28-;16-,17-,18-,19-,21-;9-,10-,11-,12-,14-/m000/s1. The number of carbonyl (C=O) groups excluding carboxylic acids is 11. The zero-order chi connectivity index (χ0) is 69.9. The van der Waals surface area contributed by atoms with Crippen LogP contribution in [-0.4, -0.2) is 174 Å². The molecule has 15 atom stereocenters. The fraction of sp³-hybridized carbons (Fsp3) is 0.549. The number of nitrogens with zero attached hydrogens (tertiary/aromatic N) is 6. The molecule has 7 N–H and O–H groups in total. The number of benzene rings is 3. The van der Waals surface area contributed by atoms with Gasteiger partial charge in [0, 0.05) is 60.2 Å². The van der Waals surface area contributed by atoms with Gasteiger partial charge in [0.05, 0.1) is 40.4 Å². The quantitative estimate of drug-likeness (QED) is 0.0852. The summed E-state index contributed by atoms with van der Waals surface area (Å²) in [5.41, 5.74) is 11.1. The maximum atomic E-state index is 13.5. The largest absolute Gasteiger partial charge is 0.449 e. The molecule has 3 aromatic carbocycles. The molecule has 0 spiro atoms. The summed E-state index contributed by atoms with van der Waals surface area (Å²) in [5, 5.41) is 41.7. The Bertz CT molecular complexity index is 3670. The number of nitrogens with two attached hydrogens (primary N) is 1. The molecule has 10 aliphatic rings. The molecule has 9 fully saturated rings. The summed E-state index contributed by atoms with van der Waals surface area (Å²) in [6.45, 7) is 0.243. The highest BCUT2D eigenvalue weighted by molar-refractivity contribution is 8.00. The molecule has 6 saturated heterocycles. The monoisotopic (exact) mass is 1410 g/mol. The Morgan fingerprint density at radius 2 is 0.859 bits per heavy atom. The van der Waals surface area contributed by atoms with Crippen LogP contribution in [0.1, 0.15) is 138 Å². The van der Waals surface area contributed by atoms with E-state index in [9.17, 15) is 68.5 Å². The van der Waals surface area contributed by atoms with E-state index in [1.54, 1.807) is 21.6 Å². The van der Waals surface area contributed by atoms with Gasteiger partial charge in [-0.25, -0.2) is 9.59 Å². The van der Waals surface area contributed by atoms with Gasteiger partial charge in [-0.1, -0.05) is 78.9 Å².